The summed E-state index contributed by atoms with van der Waals surface area (Å²) < 4.78 is 32.6. The molecular weight excluding hydrogens is 572 g/mol. The Bertz CT molecular complexity index is 1920. The highest BCUT2D eigenvalue weighted by Crippen LogP contribution is 2.42. The van der Waals surface area contributed by atoms with Crippen LogP contribution in [0.1, 0.15) is 42.9 Å². The Morgan fingerprint density at radius 1 is 1.04 bits per heavy atom. The van der Waals surface area contributed by atoms with Crippen LogP contribution in [0.3, 0.4) is 0 Å². The van der Waals surface area contributed by atoms with Crippen molar-refractivity contribution >= 4 is 27.5 Å². The van der Waals surface area contributed by atoms with E-state index in [1.807, 2.05) is 18.2 Å². The van der Waals surface area contributed by atoms with Crippen LogP contribution in [0.25, 0.3) is 32.9 Å². The molecule has 3 unspecified atom stereocenters. The number of terminal acetylenes is 1. The molecule has 0 spiro atoms. The third-order valence-electron chi connectivity index (χ3n) is 9.13. The van der Waals surface area contributed by atoms with E-state index >= 15 is 0 Å². The van der Waals surface area contributed by atoms with Gasteiger partial charge in [0.1, 0.15) is 23.6 Å². The number of aromatic nitrogens is 3. The third-order valence-corrected chi connectivity index (χ3v) is 9.13. The van der Waals surface area contributed by atoms with Crippen LogP contribution >= 0.6 is 0 Å². The molecule has 45 heavy (non-hydrogen) atoms. The summed E-state index contributed by atoms with van der Waals surface area (Å²) in [5.74, 6) is 2.70. The van der Waals surface area contributed by atoms with Gasteiger partial charge >= 0.3 is 6.01 Å². The molecule has 3 aliphatic rings. The number of ether oxygens (including phenoxy) is 1. The molecule has 3 aromatic carbocycles. The normalized spacial score (nSPS) is 20.8. The number of halogens is 2. The number of nitrogens with zero attached hydrogens (tertiary/aromatic N) is 5. The Balaban J connectivity index is 0.000000308. The fourth-order valence-electron chi connectivity index (χ4n) is 6.91. The SMILES string of the molecule is C#Cc1c(F)ccc2cc(O)cc(-c3cc4nc(OC)ncc4c(N4CCC4c4ccccc4)n3)c12.FC1CC2CCCN2C1. The van der Waals surface area contributed by atoms with Crippen LogP contribution in [-0.4, -0.2) is 63.9 Å². The molecule has 0 saturated carbocycles. The third kappa shape index (κ3) is 5.40. The van der Waals surface area contributed by atoms with Gasteiger partial charge in [-0.1, -0.05) is 42.3 Å². The van der Waals surface area contributed by atoms with E-state index in [0.29, 0.717) is 46.0 Å². The highest BCUT2D eigenvalue weighted by atomic mass is 19.1. The van der Waals surface area contributed by atoms with Crippen molar-refractivity contribution in [3.63, 3.8) is 0 Å². The van der Waals surface area contributed by atoms with Crippen molar-refractivity contribution in [2.24, 2.45) is 0 Å². The van der Waals surface area contributed by atoms with Gasteiger partial charge in [0, 0.05) is 36.3 Å². The summed E-state index contributed by atoms with van der Waals surface area (Å²) in [5.41, 5.74) is 2.97. The minimum atomic E-state index is -0.518. The maximum Gasteiger partial charge on any atom is 0.316 e. The molecule has 228 valence electrons. The Labute approximate surface area is 260 Å². The fourth-order valence-corrected chi connectivity index (χ4v) is 6.91. The summed E-state index contributed by atoms with van der Waals surface area (Å²) in [6.07, 6.45) is 11.2. The monoisotopic (exact) mass is 605 g/mol. The molecule has 9 heteroatoms. The molecular formula is C36H33F2N5O2. The van der Waals surface area contributed by atoms with Gasteiger partial charge in [0.15, 0.2) is 0 Å². The molecule has 7 nitrogen and oxygen atoms in total. The number of phenols is 1. The zero-order chi connectivity index (χ0) is 31.1. The minimum Gasteiger partial charge on any atom is -0.508 e. The zero-order valence-corrected chi connectivity index (χ0v) is 25.0. The summed E-state index contributed by atoms with van der Waals surface area (Å²) in [6, 6.07) is 19.1. The van der Waals surface area contributed by atoms with Crippen molar-refractivity contribution in [2.75, 3.05) is 31.6 Å². The van der Waals surface area contributed by atoms with Gasteiger partial charge in [-0.3, -0.25) is 4.90 Å². The van der Waals surface area contributed by atoms with Crippen LogP contribution in [0.5, 0.6) is 11.8 Å². The van der Waals surface area contributed by atoms with Crippen molar-refractivity contribution in [3.05, 3.63) is 83.8 Å². The van der Waals surface area contributed by atoms with Crippen LogP contribution in [0.15, 0.2) is 66.9 Å². The van der Waals surface area contributed by atoms with E-state index in [4.69, 9.17) is 16.1 Å². The van der Waals surface area contributed by atoms with Crippen LogP contribution in [-0.2, 0) is 0 Å². The Morgan fingerprint density at radius 3 is 2.62 bits per heavy atom. The molecule has 2 aromatic heterocycles. The first-order valence-corrected chi connectivity index (χ1v) is 15.3. The Hall–Kier alpha value is -4.81. The largest absolute Gasteiger partial charge is 0.508 e. The molecule has 3 aliphatic heterocycles. The number of pyridine rings is 1. The second kappa shape index (κ2) is 11.9. The smallest absolute Gasteiger partial charge is 0.316 e. The summed E-state index contributed by atoms with van der Waals surface area (Å²) in [6.45, 7) is 2.66. The standard InChI is InChI=1S/C29H21FN4O2.C7H12FN/c1-3-20-23(30)10-9-18-13-19(35)14-21(27(18)20)24-15-25-22(16-31-29(33-25)36-2)28(32-24)34-12-11-26(34)17-7-5-4-6-8-17;8-6-4-7-2-1-3-9(7)5-6/h1,4-10,13-16,26,35H,11-12H2,2H3;6-7H,1-5H2. The molecule has 8 rings (SSSR count). The summed E-state index contributed by atoms with van der Waals surface area (Å²) >= 11 is 0. The van der Waals surface area contributed by atoms with Crippen molar-refractivity contribution in [2.45, 2.75) is 43.9 Å². The van der Waals surface area contributed by atoms with Crippen LogP contribution in [0.2, 0.25) is 0 Å². The van der Waals surface area contributed by atoms with E-state index in [0.717, 1.165) is 31.3 Å². The number of anilines is 1. The van der Waals surface area contributed by atoms with Crippen molar-refractivity contribution in [3.8, 4) is 35.4 Å². The second-order valence-corrected chi connectivity index (χ2v) is 11.8. The lowest BCUT2D eigenvalue weighted by Gasteiger charge is -2.43. The molecule has 1 N–H and O–H groups in total. The average Bonchev–Trinajstić information content (AvgIpc) is 3.61. The van der Waals surface area contributed by atoms with E-state index in [1.54, 1.807) is 30.5 Å². The van der Waals surface area contributed by atoms with Crippen LogP contribution in [0.4, 0.5) is 14.6 Å². The van der Waals surface area contributed by atoms with E-state index in [2.05, 4.69) is 37.8 Å². The highest BCUT2D eigenvalue weighted by Gasteiger charge is 2.35. The molecule has 3 atom stereocenters. The number of hydrogen-bond acceptors (Lipinski definition) is 7. The molecule has 5 aromatic rings. The lowest BCUT2D eigenvalue weighted by atomic mass is 9.93. The van der Waals surface area contributed by atoms with E-state index in [1.165, 1.54) is 31.6 Å². The van der Waals surface area contributed by atoms with Gasteiger partial charge in [0.2, 0.25) is 0 Å². The van der Waals surface area contributed by atoms with Crippen LogP contribution in [0, 0.1) is 18.2 Å². The first kappa shape index (κ1) is 28.9. The number of rotatable bonds is 4. The lowest BCUT2D eigenvalue weighted by molar-refractivity contribution is 0.292. The first-order valence-electron chi connectivity index (χ1n) is 15.3. The summed E-state index contributed by atoms with van der Waals surface area (Å²) in [5, 5.41) is 12.4. The second-order valence-electron chi connectivity index (χ2n) is 11.8. The number of methoxy groups -OCH3 is 1. The number of phenolic OH excluding ortho intramolecular Hbond substituents is 1. The topological polar surface area (TPSA) is 74.6 Å². The average molecular weight is 606 g/mol. The quantitative estimate of drug-likeness (QED) is 0.225. The number of benzene rings is 3. The van der Waals surface area contributed by atoms with Crippen molar-refractivity contribution in [1.82, 2.24) is 19.9 Å². The molecule has 0 amide bonds. The van der Waals surface area contributed by atoms with E-state index in [-0.39, 0.29) is 23.4 Å². The number of hydrogen-bond donors (Lipinski definition) is 1. The minimum absolute atomic E-state index is 0.0295. The predicted octanol–water partition coefficient (Wildman–Crippen LogP) is 6.82. The molecule has 0 radical (unpaired) electrons. The predicted molar refractivity (Wildman–Crippen MR) is 172 cm³/mol. The fraction of sp³-hybridized carbons (Fsp3) is 0.306. The maximum atomic E-state index is 14.7. The van der Waals surface area contributed by atoms with Gasteiger partial charge in [0.25, 0.3) is 0 Å². The van der Waals surface area contributed by atoms with Gasteiger partial charge in [-0.05, 0) is 67.4 Å². The summed E-state index contributed by atoms with van der Waals surface area (Å²) in [4.78, 5) is 18.4. The first-order chi connectivity index (χ1) is 21.9. The molecule has 0 aliphatic carbocycles. The molecule has 3 saturated heterocycles. The van der Waals surface area contributed by atoms with Gasteiger partial charge < -0.3 is 14.7 Å². The lowest BCUT2D eigenvalue weighted by Crippen LogP contribution is -2.41. The molecule has 0 bridgehead atoms. The van der Waals surface area contributed by atoms with Crippen molar-refractivity contribution < 1.29 is 18.6 Å². The zero-order valence-electron chi connectivity index (χ0n) is 25.0. The molecule has 3 fully saturated rings. The van der Waals surface area contributed by atoms with Gasteiger partial charge in [0.05, 0.1) is 35.3 Å². The van der Waals surface area contributed by atoms with Gasteiger partial charge in [-0.2, -0.15) is 4.98 Å². The Kier molecular flexibility index (Phi) is 7.68. The van der Waals surface area contributed by atoms with Gasteiger partial charge in [-0.25, -0.2) is 18.7 Å². The summed E-state index contributed by atoms with van der Waals surface area (Å²) in [7, 11) is 1.51. The van der Waals surface area contributed by atoms with E-state index < -0.39 is 12.0 Å². The Morgan fingerprint density at radius 2 is 1.89 bits per heavy atom. The van der Waals surface area contributed by atoms with Crippen molar-refractivity contribution in [1.29, 1.82) is 0 Å². The number of aromatic hydroxyl groups is 1. The maximum absolute atomic E-state index is 14.7. The molecule has 5 heterocycles. The van der Waals surface area contributed by atoms with E-state index in [9.17, 15) is 13.9 Å². The van der Waals surface area contributed by atoms with Crippen LogP contribution < -0.4 is 9.64 Å². The van der Waals surface area contributed by atoms with Gasteiger partial charge in [-0.15, -0.1) is 6.42 Å². The number of alkyl halides is 1. The number of fused-ring (bicyclic) bond motifs is 3. The highest BCUT2D eigenvalue weighted by molar-refractivity contribution is 6.03.